The van der Waals surface area contributed by atoms with E-state index in [1.54, 1.807) is 0 Å². The average molecular weight is 377 g/mol. The summed E-state index contributed by atoms with van der Waals surface area (Å²) in [7, 11) is 0. The van der Waals surface area contributed by atoms with Gasteiger partial charge >= 0.3 is 99.5 Å². The van der Waals surface area contributed by atoms with E-state index in [1.165, 1.54) is 6.92 Å². The Morgan fingerprint density at radius 2 is 1.53 bits per heavy atom. The van der Waals surface area contributed by atoms with Gasteiger partial charge in [-0.1, -0.05) is 0 Å². The van der Waals surface area contributed by atoms with E-state index in [0.717, 1.165) is 0 Å². The van der Waals surface area contributed by atoms with E-state index in [1.807, 2.05) is 0 Å². The van der Waals surface area contributed by atoms with Crippen molar-refractivity contribution in [3.8, 4) is 0 Å². The van der Waals surface area contributed by atoms with Gasteiger partial charge in [0.15, 0.2) is 0 Å². The minimum atomic E-state index is -5.58. The Bertz CT molecular complexity index is 276. The number of rotatable bonds is 6. The van der Waals surface area contributed by atoms with E-state index in [-0.39, 0.29) is 6.42 Å². The summed E-state index contributed by atoms with van der Waals surface area (Å²) in [5.74, 6) is -5.41. The first-order valence-electron chi connectivity index (χ1n) is 4.43. The van der Waals surface area contributed by atoms with Crippen molar-refractivity contribution in [1.29, 1.82) is 0 Å². The van der Waals surface area contributed by atoms with Crippen LogP contribution in [0, 0.1) is 0 Å². The fourth-order valence-electron chi connectivity index (χ4n) is 0.797. The Morgan fingerprint density at radius 3 is 1.88 bits per heavy atom. The Morgan fingerprint density at radius 1 is 1.06 bits per heavy atom. The molecule has 10 heteroatoms. The SMILES string of the molecule is CCC[O][Sn](=[O])[C](F)(F)C(F)(F)CC(F)(F)F. The van der Waals surface area contributed by atoms with Crippen LogP contribution in [0.2, 0.25) is 0 Å². The molecule has 0 saturated heterocycles. The van der Waals surface area contributed by atoms with Gasteiger partial charge in [-0.3, -0.25) is 0 Å². The van der Waals surface area contributed by atoms with Gasteiger partial charge in [0.1, 0.15) is 0 Å². The molecule has 0 spiro atoms. The molecule has 0 fully saturated rings. The minimum absolute atomic E-state index is 0.146. The molecule has 0 aromatic heterocycles. The molecule has 0 amide bonds. The molecule has 17 heavy (non-hydrogen) atoms. The topological polar surface area (TPSA) is 26.3 Å². The van der Waals surface area contributed by atoms with Crippen molar-refractivity contribution >= 4 is 20.2 Å². The summed E-state index contributed by atoms with van der Waals surface area (Å²) >= 11 is -5.58. The first kappa shape index (κ1) is 17.1. The maximum atomic E-state index is 12.8. The van der Waals surface area contributed by atoms with Gasteiger partial charge < -0.3 is 0 Å². The van der Waals surface area contributed by atoms with Crippen molar-refractivity contribution in [3.63, 3.8) is 0 Å². The molecular weight excluding hydrogens is 368 g/mol. The zero-order valence-electron chi connectivity index (χ0n) is 8.58. The molecular formula is C7H9F7O2Sn. The number of halogens is 7. The molecule has 0 aliphatic carbocycles. The third kappa shape index (κ3) is 5.06. The molecule has 0 saturated carbocycles. The predicted molar refractivity (Wildman–Crippen MR) is 43.2 cm³/mol. The van der Waals surface area contributed by atoms with Gasteiger partial charge in [0.25, 0.3) is 0 Å². The molecule has 0 N–H and O–H groups in total. The third-order valence-corrected chi connectivity index (χ3v) is 5.41. The maximum absolute atomic E-state index is 12.8. The van der Waals surface area contributed by atoms with Crippen LogP contribution in [-0.4, -0.2) is 42.8 Å². The zero-order valence-corrected chi connectivity index (χ0v) is 11.4. The molecule has 0 aromatic rings. The van der Waals surface area contributed by atoms with Gasteiger partial charge in [-0.2, -0.15) is 0 Å². The van der Waals surface area contributed by atoms with Crippen molar-refractivity contribution < 1.29 is 36.9 Å². The Kier molecular flexibility index (Phi) is 5.83. The van der Waals surface area contributed by atoms with Crippen LogP contribution in [0.15, 0.2) is 0 Å². The van der Waals surface area contributed by atoms with Crippen LogP contribution in [0.4, 0.5) is 30.7 Å². The van der Waals surface area contributed by atoms with E-state index in [4.69, 9.17) is 0 Å². The van der Waals surface area contributed by atoms with Gasteiger partial charge in [-0.15, -0.1) is 0 Å². The molecule has 0 rings (SSSR count). The van der Waals surface area contributed by atoms with Gasteiger partial charge in [0.05, 0.1) is 0 Å². The first-order chi connectivity index (χ1) is 7.44. The van der Waals surface area contributed by atoms with Crippen molar-refractivity contribution in [3.05, 3.63) is 0 Å². The van der Waals surface area contributed by atoms with E-state index in [9.17, 15) is 33.8 Å². The molecule has 102 valence electrons. The Hall–Kier alpha value is 0.0687. The molecule has 0 aliphatic heterocycles. The quantitative estimate of drug-likeness (QED) is 0.526. The van der Waals surface area contributed by atoms with Crippen LogP contribution >= 0.6 is 0 Å². The first-order valence-corrected chi connectivity index (χ1v) is 8.19. The third-order valence-electron chi connectivity index (χ3n) is 1.58. The summed E-state index contributed by atoms with van der Waals surface area (Å²) in [6.07, 6.45) is -8.34. The van der Waals surface area contributed by atoms with Crippen LogP contribution in [0.5, 0.6) is 0 Å². The van der Waals surface area contributed by atoms with Gasteiger partial charge in [0.2, 0.25) is 0 Å². The van der Waals surface area contributed by atoms with Crippen LogP contribution in [0.3, 0.4) is 0 Å². The summed E-state index contributed by atoms with van der Waals surface area (Å²) in [5, 5.41) is 0. The van der Waals surface area contributed by atoms with E-state index >= 15 is 0 Å². The van der Waals surface area contributed by atoms with Crippen LogP contribution in [0.25, 0.3) is 0 Å². The van der Waals surface area contributed by atoms with Gasteiger partial charge in [-0.05, 0) is 0 Å². The van der Waals surface area contributed by atoms with E-state index in [2.05, 4.69) is 3.07 Å². The van der Waals surface area contributed by atoms with Crippen molar-refractivity contribution in [2.75, 3.05) is 6.61 Å². The van der Waals surface area contributed by atoms with Crippen LogP contribution in [0.1, 0.15) is 19.8 Å². The molecule has 0 aromatic carbocycles. The number of hydrogen-bond acceptors (Lipinski definition) is 2. The normalized spacial score (nSPS) is 13.9. The van der Waals surface area contributed by atoms with Crippen LogP contribution in [-0.2, 0) is 6.15 Å². The second-order valence-corrected chi connectivity index (χ2v) is 7.46. The molecule has 0 unspecified atom stereocenters. The van der Waals surface area contributed by atoms with Crippen molar-refractivity contribution in [2.24, 2.45) is 0 Å². The average Bonchev–Trinajstić information content (AvgIpc) is 2.09. The fraction of sp³-hybridized carbons (Fsp3) is 1.00. The summed E-state index contributed by atoms with van der Waals surface area (Å²) in [6.45, 7) is 0.998. The van der Waals surface area contributed by atoms with Crippen LogP contribution < -0.4 is 0 Å². The Labute approximate surface area is 99.8 Å². The molecule has 0 atom stereocenters. The molecule has 0 bridgehead atoms. The monoisotopic (exact) mass is 378 g/mol. The standard InChI is InChI=1S/C4H2F7.C3H7O.O.Sn/c5-2(6)3(7,8)1-4(9,10)11;1-2-3-4;;/h1H2;2-3H2,1H3;;/q;-1;;+1. The summed E-state index contributed by atoms with van der Waals surface area (Å²) in [6, 6.07) is 0. The second kappa shape index (κ2) is 5.81. The molecule has 0 aliphatic rings. The molecule has 2 nitrogen and oxygen atoms in total. The summed E-state index contributed by atoms with van der Waals surface area (Å²) in [5.41, 5.74) is 0. The molecule has 0 radical (unpaired) electrons. The molecule has 0 heterocycles. The fourth-order valence-corrected chi connectivity index (χ4v) is 3.53. The van der Waals surface area contributed by atoms with E-state index < -0.39 is 49.2 Å². The van der Waals surface area contributed by atoms with Gasteiger partial charge in [-0.25, -0.2) is 0 Å². The predicted octanol–water partition coefficient (Wildman–Crippen LogP) is 3.09. The van der Waals surface area contributed by atoms with Gasteiger partial charge in [0, 0.05) is 0 Å². The number of hydrogen-bond donors (Lipinski definition) is 0. The summed E-state index contributed by atoms with van der Waals surface area (Å²) < 4.78 is 95.6. The number of alkyl halides is 7. The van der Waals surface area contributed by atoms with Crippen molar-refractivity contribution in [1.82, 2.24) is 0 Å². The zero-order chi connectivity index (χ0) is 13.9. The van der Waals surface area contributed by atoms with E-state index in [0.29, 0.717) is 0 Å². The summed E-state index contributed by atoms with van der Waals surface area (Å²) in [4.78, 5) is 0. The Balaban J connectivity index is 4.83. The van der Waals surface area contributed by atoms with Crippen molar-refractivity contribution in [2.45, 2.75) is 35.8 Å². The second-order valence-electron chi connectivity index (χ2n) is 3.21.